The van der Waals surface area contributed by atoms with Gasteiger partial charge in [-0.25, -0.2) is 23.1 Å². The standard InChI is InChI=1S/C15H22N4O.C6H3F3O/c1-9-13-14(19(3)10(2)15(20)18-13)17-12(16-9)8-11-6-4-5-7-11;7-4-1-3(10)2-5(8)6(4)9/h10-11H,4-8H2,1-3H3,(H,18,20);1-2,10H/t10-;/m0./s1. The molecule has 1 fully saturated rings. The van der Waals surface area contributed by atoms with E-state index in [0.717, 1.165) is 35.4 Å². The number of anilines is 2. The van der Waals surface area contributed by atoms with E-state index in [-0.39, 0.29) is 11.9 Å². The lowest BCUT2D eigenvalue weighted by Gasteiger charge is -2.32. The van der Waals surface area contributed by atoms with Crippen LogP contribution in [0.5, 0.6) is 5.75 Å². The Balaban J connectivity index is 0.000000216. The molecule has 1 amide bonds. The number of rotatable bonds is 2. The number of nitrogens with one attached hydrogen (secondary N) is 1. The zero-order valence-electron chi connectivity index (χ0n) is 17.2. The molecule has 30 heavy (non-hydrogen) atoms. The molecule has 2 aromatic rings. The normalized spacial score (nSPS) is 18.5. The molecule has 1 aromatic heterocycles. The van der Waals surface area contributed by atoms with Crippen molar-refractivity contribution in [3.8, 4) is 5.75 Å². The Labute approximate surface area is 173 Å². The summed E-state index contributed by atoms with van der Waals surface area (Å²) in [5.41, 5.74) is 1.64. The number of aromatic nitrogens is 2. The number of benzene rings is 1. The zero-order chi connectivity index (χ0) is 22.0. The highest BCUT2D eigenvalue weighted by Crippen LogP contribution is 2.33. The first kappa shape index (κ1) is 21.9. The predicted octanol–water partition coefficient (Wildman–Crippen LogP) is 4.10. The number of halogens is 3. The number of hydrogen-bond acceptors (Lipinski definition) is 5. The predicted molar refractivity (Wildman–Crippen MR) is 107 cm³/mol. The molecule has 6 nitrogen and oxygen atoms in total. The second-order valence-corrected chi connectivity index (χ2v) is 7.78. The van der Waals surface area contributed by atoms with Crippen molar-refractivity contribution in [3.05, 3.63) is 41.1 Å². The average molecular weight is 422 g/mol. The first-order chi connectivity index (χ1) is 14.2. The molecule has 2 heterocycles. The second kappa shape index (κ2) is 8.89. The van der Waals surface area contributed by atoms with Gasteiger partial charge in [-0.3, -0.25) is 4.79 Å². The molecule has 9 heteroatoms. The summed E-state index contributed by atoms with van der Waals surface area (Å²) < 4.78 is 36.2. The first-order valence-corrected chi connectivity index (χ1v) is 9.92. The van der Waals surface area contributed by atoms with Crippen LogP contribution in [0.3, 0.4) is 0 Å². The molecule has 0 saturated heterocycles. The highest BCUT2D eigenvalue weighted by Gasteiger charge is 2.30. The smallest absolute Gasteiger partial charge is 0.246 e. The van der Waals surface area contributed by atoms with Gasteiger partial charge in [0.1, 0.15) is 23.3 Å². The topological polar surface area (TPSA) is 78.4 Å². The Morgan fingerprint density at radius 2 is 1.77 bits per heavy atom. The van der Waals surface area contributed by atoms with Crippen LogP contribution in [0, 0.1) is 30.3 Å². The summed E-state index contributed by atoms with van der Waals surface area (Å²) in [7, 11) is 1.92. The number of likely N-dealkylation sites (N-methyl/N-ethyl adjacent to an activating group) is 1. The van der Waals surface area contributed by atoms with Gasteiger partial charge in [0.25, 0.3) is 0 Å². The summed E-state index contributed by atoms with van der Waals surface area (Å²) in [5, 5.41) is 11.4. The van der Waals surface area contributed by atoms with E-state index in [2.05, 4.69) is 10.3 Å². The zero-order valence-corrected chi connectivity index (χ0v) is 17.2. The Bertz CT molecular complexity index is 925. The summed E-state index contributed by atoms with van der Waals surface area (Å²) in [4.78, 5) is 23.1. The molecule has 1 aromatic carbocycles. The van der Waals surface area contributed by atoms with Crippen LogP contribution in [0.2, 0.25) is 0 Å². The third-order valence-corrected chi connectivity index (χ3v) is 5.57. The van der Waals surface area contributed by atoms with E-state index >= 15 is 0 Å². The molecule has 0 radical (unpaired) electrons. The van der Waals surface area contributed by atoms with Crippen LogP contribution in [0.25, 0.3) is 0 Å². The SMILES string of the molecule is Cc1nc(CC2CCCC2)nc2c1NC(=O)[C@H](C)N2C.Oc1cc(F)c(F)c(F)c1. The molecule has 2 aliphatic rings. The van der Waals surface area contributed by atoms with Crippen molar-refractivity contribution in [1.82, 2.24) is 9.97 Å². The van der Waals surface area contributed by atoms with Gasteiger partial charge in [0.2, 0.25) is 5.91 Å². The molecule has 162 valence electrons. The van der Waals surface area contributed by atoms with Crippen LogP contribution in [-0.2, 0) is 11.2 Å². The van der Waals surface area contributed by atoms with E-state index in [1.807, 2.05) is 25.8 Å². The number of phenolic OH excluding ortho intramolecular Hbond substituents is 1. The van der Waals surface area contributed by atoms with Crippen LogP contribution in [-0.4, -0.2) is 34.1 Å². The minimum atomic E-state index is -1.57. The van der Waals surface area contributed by atoms with E-state index in [9.17, 15) is 18.0 Å². The molecular weight excluding hydrogens is 397 g/mol. The molecular formula is C21H25F3N4O2. The molecule has 0 unspecified atom stereocenters. The van der Waals surface area contributed by atoms with Gasteiger partial charge in [-0.15, -0.1) is 0 Å². The number of carbonyl (C=O) groups excluding carboxylic acids is 1. The van der Waals surface area contributed by atoms with Crippen molar-refractivity contribution in [3.63, 3.8) is 0 Å². The van der Waals surface area contributed by atoms with E-state index in [1.54, 1.807) is 0 Å². The van der Waals surface area contributed by atoms with Gasteiger partial charge in [-0.05, 0) is 19.8 Å². The van der Waals surface area contributed by atoms with Crippen molar-refractivity contribution in [2.45, 2.75) is 52.0 Å². The van der Waals surface area contributed by atoms with Gasteiger partial charge in [0, 0.05) is 25.6 Å². The Kier molecular flexibility index (Phi) is 6.48. The van der Waals surface area contributed by atoms with Crippen molar-refractivity contribution >= 4 is 17.4 Å². The van der Waals surface area contributed by atoms with Gasteiger partial charge >= 0.3 is 0 Å². The van der Waals surface area contributed by atoms with Gasteiger partial charge < -0.3 is 15.3 Å². The largest absolute Gasteiger partial charge is 0.508 e. The first-order valence-electron chi connectivity index (χ1n) is 9.92. The lowest BCUT2D eigenvalue weighted by Crippen LogP contribution is -2.45. The molecule has 0 bridgehead atoms. The minimum absolute atomic E-state index is 0.00948. The lowest BCUT2D eigenvalue weighted by atomic mass is 10.0. The van der Waals surface area contributed by atoms with Gasteiger partial charge in [0.15, 0.2) is 23.3 Å². The number of carbonyl (C=O) groups is 1. The Morgan fingerprint density at radius 1 is 1.17 bits per heavy atom. The van der Waals surface area contributed by atoms with Gasteiger partial charge in [-0.1, -0.05) is 25.7 Å². The summed E-state index contributed by atoms with van der Waals surface area (Å²) in [6.07, 6.45) is 6.22. The third-order valence-electron chi connectivity index (χ3n) is 5.57. The van der Waals surface area contributed by atoms with E-state index in [0.29, 0.717) is 12.1 Å². The third kappa shape index (κ3) is 4.66. The Hall–Kier alpha value is -2.84. The minimum Gasteiger partial charge on any atom is -0.508 e. The van der Waals surface area contributed by atoms with Crippen LogP contribution in [0.1, 0.15) is 44.1 Å². The number of fused-ring (bicyclic) bond motifs is 1. The van der Waals surface area contributed by atoms with Crippen molar-refractivity contribution in [2.75, 3.05) is 17.3 Å². The lowest BCUT2D eigenvalue weighted by molar-refractivity contribution is -0.117. The Morgan fingerprint density at radius 3 is 2.37 bits per heavy atom. The highest BCUT2D eigenvalue weighted by molar-refractivity contribution is 6.02. The fourth-order valence-electron chi connectivity index (χ4n) is 3.71. The van der Waals surface area contributed by atoms with E-state index in [1.165, 1.54) is 25.7 Å². The number of nitrogens with zero attached hydrogens (tertiary/aromatic N) is 3. The maximum atomic E-state index is 12.1. The van der Waals surface area contributed by atoms with Gasteiger partial charge in [-0.2, -0.15) is 0 Å². The number of phenols is 1. The monoisotopic (exact) mass is 422 g/mol. The highest BCUT2D eigenvalue weighted by atomic mass is 19.2. The van der Waals surface area contributed by atoms with Crippen LogP contribution < -0.4 is 10.2 Å². The number of aromatic hydroxyl groups is 1. The van der Waals surface area contributed by atoms with Crippen LogP contribution in [0.4, 0.5) is 24.7 Å². The van der Waals surface area contributed by atoms with E-state index in [4.69, 9.17) is 10.1 Å². The molecule has 1 atom stereocenters. The van der Waals surface area contributed by atoms with Crippen molar-refractivity contribution < 1.29 is 23.1 Å². The quantitative estimate of drug-likeness (QED) is 0.713. The van der Waals surface area contributed by atoms with Crippen molar-refractivity contribution in [2.24, 2.45) is 5.92 Å². The molecule has 1 aliphatic carbocycles. The fraction of sp³-hybridized carbons (Fsp3) is 0.476. The summed E-state index contributed by atoms with van der Waals surface area (Å²) in [6.45, 7) is 3.84. The fourth-order valence-corrected chi connectivity index (χ4v) is 3.71. The van der Waals surface area contributed by atoms with Crippen LogP contribution >= 0.6 is 0 Å². The molecule has 0 spiro atoms. The summed E-state index contributed by atoms with van der Waals surface area (Å²) >= 11 is 0. The van der Waals surface area contributed by atoms with E-state index < -0.39 is 23.2 Å². The average Bonchev–Trinajstić information content (AvgIpc) is 3.19. The second-order valence-electron chi connectivity index (χ2n) is 7.78. The molecule has 1 saturated carbocycles. The number of amides is 1. The molecule has 2 N–H and O–H groups in total. The van der Waals surface area contributed by atoms with Gasteiger partial charge in [0.05, 0.1) is 5.69 Å². The van der Waals surface area contributed by atoms with Crippen LogP contribution in [0.15, 0.2) is 12.1 Å². The summed E-state index contributed by atoms with van der Waals surface area (Å²) in [5.74, 6) is -2.46. The molecule has 4 rings (SSSR count). The maximum absolute atomic E-state index is 12.1. The summed E-state index contributed by atoms with van der Waals surface area (Å²) in [6, 6.07) is 0.813. The molecule has 1 aliphatic heterocycles. The maximum Gasteiger partial charge on any atom is 0.246 e. The van der Waals surface area contributed by atoms with Crippen molar-refractivity contribution in [1.29, 1.82) is 0 Å². The number of aryl methyl sites for hydroxylation is 1. The number of hydrogen-bond donors (Lipinski definition) is 2.